The first kappa shape index (κ1) is 25.3. The van der Waals surface area contributed by atoms with Gasteiger partial charge in [-0.3, -0.25) is 4.99 Å². The number of thiazole rings is 1. The minimum Gasteiger partial charge on any atom is -0.444 e. The van der Waals surface area contributed by atoms with Gasteiger partial charge in [0, 0.05) is 45.1 Å². The molecule has 1 aromatic carbocycles. The van der Waals surface area contributed by atoms with Crippen molar-refractivity contribution in [1.82, 2.24) is 20.2 Å². The summed E-state index contributed by atoms with van der Waals surface area (Å²) in [6, 6.07) is 8.16. The van der Waals surface area contributed by atoms with Crippen LogP contribution in [0.5, 0.6) is 0 Å². The Morgan fingerprint density at radius 2 is 2.00 bits per heavy atom. The number of aryl methyl sites for hydroxylation is 1. The summed E-state index contributed by atoms with van der Waals surface area (Å²) in [4.78, 5) is 15.7. The van der Waals surface area contributed by atoms with E-state index in [1.54, 1.807) is 31.8 Å². The third-order valence-corrected chi connectivity index (χ3v) is 5.81. The van der Waals surface area contributed by atoms with Gasteiger partial charge < -0.3 is 19.4 Å². The number of rotatable bonds is 8. The molecule has 0 aliphatic carbocycles. The van der Waals surface area contributed by atoms with Gasteiger partial charge in [0.1, 0.15) is 17.4 Å². The number of benzene rings is 1. The molecule has 0 aliphatic heterocycles. The SMILES string of the molecule is CN=C(NCCc1coc(-c2ccc(C)cc2)n1)N(C)Cc1csc(C(C)OC)n1.I. The molecule has 0 bridgehead atoms. The van der Waals surface area contributed by atoms with Gasteiger partial charge in [-0.15, -0.1) is 35.3 Å². The van der Waals surface area contributed by atoms with Crippen LogP contribution in [0.4, 0.5) is 0 Å². The molecule has 0 aliphatic rings. The predicted molar refractivity (Wildman–Crippen MR) is 136 cm³/mol. The number of aliphatic imine (C=N–C) groups is 1. The lowest BCUT2D eigenvalue weighted by atomic mass is 10.1. The maximum Gasteiger partial charge on any atom is 0.226 e. The number of methoxy groups -OCH3 is 1. The molecule has 0 amide bonds. The summed E-state index contributed by atoms with van der Waals surface area (Å²) in [7, 11) is 5.48. The first-order chi connectivity index (χ1) is 14.5. The fourth-order valence-electron chi connectivity index (χ4n) is 2.94. The van der Waals surface area contributed by atoms with Gasteiger partial charge >= 0.3 is 0 Å². The molecule has 1 unspecified atom stereocenters. The monoisotopic (exact) mass is 555 g/mol. The third kappa shape index (κ3) is 7.01. The van der Waals surface area contributed by atoms with Crippen molar-refractivity contribution in [2.24, 2.45) is 4.99 Å². The summed E-state index contributed by atoms with van der Waals surface area (Å²) in [6.45, 7) is 5.45. The lowest BCUT2D eigenvalue weighted by Gasteiger charge is -2.21. The van der Waals surface area contributed by atoms with Crippen molar-refractivity contribution in [2.45, 2.75) is 32.9 Å². The van der Waals surface area contributed by atoms with Gasteiger partial charge in [0.05, 0.1) is 17.9 Å². The fraction of sp³-hybridized carbons (Fsp3) is 0.409. The van der Waals surface area contributed by atoms with Gasteiger partial charge in [0.2, 0.25) is 5.89 Å². The van der Waals surface area contributed by atoms with Gasteiger partial charge in [-0.2, -0.15) is 0 Å². The average molecular weight is 555 g/mol. The second kappa shape index (κ2) is 12.2. The van der Waals surface area contributed by atoms with E-state index in [0.29, 0.717) is 19.0 Å². The molecule has 0 fully saturated rings. The van der Waals surface area contributed by atoms with E-state index in [1.807, 2.05) is 26.1 Å². The quantitative estimate of drug-likeness (QED) is 0.247. The van der Waals surface area contributed by atoms with E-state index in [-0.39, 0.29) is 30.1 Å². The maximum absolute atomic E-state index is 5.63. The molecular weight excluding hydrogens is 525 g/mol. The molecule has 2 heterocycles. The second-order valence-electron chi connectivity index (χ2n) is 7.15. The normalized spacial score (nSPS) is 12.4. The number of hydrogen-bond acceptors (Lipinski definition) is 6. The minimum atomic E-state index is 0. The summed E-state index contributed by atoms with van der Waals surface area (Å²) >= 11 is 1.62. The number of ether oxygens (including phenoxy) is 1. The smallest absolute Gasteiger partial charge is 0.226 e. The first-order valence-corrected chi connectivity index (χ1v) is 10.8. The molecule has 1 N–H and O–H groups in total. The Labute approximate surface area is 205 Å². The van der Waals surface area contributed by atoms with Crippen LogP contribution in [-0.4, -0.2) is 48.6 Å². The Balaban J connectivity index is 0.00000341. The highest BCUT2D eigenvalue weighted by Gasteiger charge is 2.13. The molecule has 9 heteroatoms. The molecule has 168 valence electrons. The average Bonchev–Trinajstić information content (AvgIpc) is 3.41. The van der Waals surface area contributed by atoms with Crippen molar-refractivity contribution >= 4 is 41.3 Å². The Morgan fingerprint density at radius 1 is 1.26 bits per heavy atom. The topological polar surface area (TPSA) is 75.8 Å². The number of halogens is 1. The van der Waals surface area contributed by atoms with Gasteiger partial charge in [-0.05, 0) is 26.0 Å². The van der Waals surface area contributed by atoms with Crippen LogP contribution >= 0.6 is 35.3 Å². The number of oxazole rings is 1. The van der Waals surface area contributed by atoms with Crippen LogP contribution in [-0.2, 0) is 17.7 Å². The molecule has 2 aromatic heterocycles. The van der Waals surface area contributed by atoms with Crippen LogP contribution in [0.2, 0.25) is 0 Å². The summed E-state index contributed by atoms with van der Waals surface area (Å²) in [5.74, 6) is 1.46. The summed E-state index contributed by atoms with van der Waals surface area (Å²) in [5.41, 5.74) is 4.12. The van der Waals surface area contributed by atoms with Crippen LogP contribution in [0.1, 0.15) is 35.0 Å². The van der Waals surface area contributed by atoms with Crippen molar-refractivity contribution < 1.29 is 9.15 Å². The summed E-state index contributed by atoms with van der Waals surface area (Å²) in [6.07, 6.45) is 2.48. The molecule has 31 heavy (non-hydrogen) atoms. The van der Waals surface area contributed by atoms with Crippen molar-refractivity contribution in [3.05, 3.63) is 57.9 Å². The van der Waals surface area contributed by atoms with E-state index in [9.17, 15) is 0 Å². The maximum atomic E-state index is 5.63. The number of guanidine groups is 1. The molecule has 3 aromatic rings. The van der Waals surface area contributed by atoms with E-state index >= 15 is 0 Å². The van der Waals surface area contributed by atoms with Crippen molar-refractivity contribution in [1.29, 1.82) is 0 Å². The number of hydrogen-bond donors (Lipinski definition) is 1. The third-order valence-electron chi connectivity index (χ3n) is 4.76. The van der Waals surface area contributed by atoms with Crippen molar-refractivity contribution in [2.75, 3.05) is 27.7 Å². The van der Waals surface area contributed by atoms with Crippen LogP contribution in [0.25, 0.3) is 11.5 Å². The van der Waals surface area contributed by atoms with E-state index in [2.05, 4.69) is 49.6 Å². The predicted octanol–water partition coefficient (Wildman–Crippen LogP) is 4.68. The standard InChI is InChI=1S/C22H29N5O2S.HI/c1-15-6-8-17(9-7-15)20-25-18(13-29-20)10-11-24-22(23-3)27(4)12-19-14-30-21(26-19)16(2)28-5;/h6-9,13-14,16H,10-12H2,1-5H3,(H,23,24);1H. The van der Waals surface area contributed by atoms with Crippen LogP contribution in [0, 0.1) is 6.92 Å². The zero-order chi connectivity index (χ0) is 21.5. The first-order valence-electron chi connectivity index (χ1n) is 9.90. The highest BCUT2D eigenvalue weighted by atomic mass is 127. The van der Waals surface area contributed by atoms with Gasteiger partial charge in [-0.25, -0.2) is 9.97 Å². The molecule has 1 atom stereocenters. The Bertz CT molecular complexity index is 970. The molecule has 0 saturated carbocycles. The molecule has 0 spiro atoms. The van der Waals surface area contributed by atoms with Crippen LogP contribution in [0.15, 0.2) is 45.3 Å². The van der Waals surface area contributed by atoms with E-state index in [1.165, 1.54) is 5.56 Å². The van der Waals surface area contributed by atoms with E-state index < -0.39 is 0 Å². The number of nitrogens with zero attached hydrogens (tertiary/aromatic N) is 4. The van der Waals surface area contributed by atoms with Gasteiger partial charge in [0.15, 0.2) is 5.96 Å². The van der Waals surface area contributed by atoms with Crippen molar-refractivity contribution in [3.63, 3.8) is 0 Å². The molecular formula is C22H30IN5O2S. The molecule has 7 nitrogen and oxygen atoms in total. The van der Waals surface area contributed by atoms with E-state index in [0.717, 1.165) is 34.3 Å². The second-order valence-corrected chi connectivity index (χ2v) is 8.03. The highest BCUT2D eigenvalue weighted by molar-refractivity contribution is 14.0. The van der Waals surface area contributed by atoms with Gasteiger partial charge in [-0.1, -0.05) is 17.7 Å². The lowest BCUT2D eigenvalue weighted by Crippen LogP contribution is -2.39. The lowest BCUT2D eigenvalue weighted by molar-refractivity contribution is 0.119. The van der Waals surface area contributed by atoms with Crippen LogP contribution < -0.4 is 5.32 Å². The molecule has 0 saturated heterocycles. The van der Waals surface area contributed by atoms with E-state index in [4.69, 9.17) is 9.15 Å². The number of aromatic nitrogens is 2. The Hall–Kier alpha value is -1.98. The van der Waals surface area contributed by atoms with Gasteiger partial charge in [0.25, 0.3) is 0 Å². The Morgan fingerprint density at radius 3 is 2.68 bits per heavy atom. The van der Waals surface area contributed by atoms with Crippen LogP contribution in [0.3, 0.4) is 0 Å². The molecule has 0 radical (unpaired) electrons. The van der Waals surface area contributed by atoms with Crippen molar-refractivity contribution in [3.8, 4) is 11.5 Å². The highest BCUT2D eigenvalue weighted by Crippen LogP contribution is 2.21. The zero-order valence-electron chi connectivity index (χ0n) is 18.6. The fourth-order valence-corrected chi connectivity index (χ4v) is 3.78. The largest absolute Gasteiger partial charge is 0.444 e. The molecule has 3 rings (SSSR count). The number of nitrogens with one attached hydrogen (secondary N) is 1. The Kier molecular flexibility index (Phi) is 9.92. The summed E-state index contributed by atoms with van der Waals surface area (Å²) in [5, 5.41) is 6.43. The zero-order valence-corrected chi connectivity index (χ0v) is 21.7. The summed E-state index contributed by atoms with van der Waals surface area (Å²) < 4.78 is 11.0. The minimum absolute atomic E-state index is 0.